The van der Waals surface area contributed by atoms with E-state index in [1.165, 1.54) is 5.56 Å². The van der Waals surface area contributed by atoms with Crippen LogP contribution in [0.15, 0.2) is 36.4 Å². The monoisotopic (exact) mass is 414 g/mol. The van der Waals surface area contributed by atoms with Gasteiger partial charge in [-0.25, -0.2) is 4.98 Å². The molecule has 0 saturated heterocycles. The SMILES string of the molecule is CNCCNCCCOc1ccc(-c2nc3ccc(C(C)(C)C)cc3[nH]2)cc1Cl. The number of hydrogen-bond acceptors (Lipinski definition) is 4. The summed E-state index contributed by atoms with van der Waals surface area (Å²) in [6.07, 6.45) is 0.932. The fourth-order valence-corrected chi connectivity index (χ4v) is 3.33. The van der Waals surface area contributed by atoms with Gasteiger partial charge >= 0.3 is 0 Å². The lowest BCUT2D eigenvalue weighted by Crippen LogP contribution is -2.26. The number of imidazole rings is 1. The van der Waals surface area contributed by atoms with E-state index < -0.39 is 0 Å². The third kappa shape index (κ3) is 5.72. The molecule has 0 aliphatic heterocycles. The van der Waals surface area contributed by atoms with E-state index in [9.17, 15) is 0 Å². The topological polar surface area (TPSA) is 62.0 Å². The van der Waals surface area contributed by atoms with Crippen LogP contribution in [0.2, 0.25) is 5.02 Å². The number of aromatic nitrogens is 2. The maximum atomic E-state index is 6.45. The molecule has 0 unspecified atom stereocenters. The molecule has 6 heteroatoms. The van der Waals surface area contributed by atoms with Crippen molar-refractivity contribution in [2.45, 2.75) is 32.6 Å². The van der Waals surface area contributed by atoms with E-state index in [0.29, 0.717) is 17.4 Å². The van der Waals surface area contributed by atoms with Crippen molar-refractivity contribution in [2.75, 3.05) is 33.3 Å². The second-order valence-corrected chi connectivity index (χ2v) is 8.68. The molecule has 2 aromatic carbocycles. The first-order valence-electron chi connectivity index (χ1n) is 10.2. The van der Waals surface area contributed by atoms with Crippen LogP contribution >= 0.6 is 11.6 Å². The molecule has 0 saturated carbocycles. The fraction of sp³-hybridized carbons (Fsp3) is 0.435. The zero-order chi connectivity index (χ0) is 20.9. The molecule has 3 rings (SSSR count). The van der Waals surface area contributed by atoms with Crippen LogP contribution in [0.5, 0.6) is 5.75 Å². The molecular formula is C23H31ClN4O. The van der Waals surface area contributed by atoms with Crippen LogP contribution in [0, 0.1) is 0 Å². The highest BCUT2D eigenvalue weighted by Gasteiger charge is 2.15. The van der Waals surface area contributed by atoms with Crippen LogP contribution in [-0.2, 0) is 5.41 Å². The molecule has 5 nitrogen and oxygen atoms in total. The summed E-state index contributed by atoms with van der Waals surface area (Å²) in [7, 11) is 1.95. The molecule has 0 spiro atoms. The van der Waals surface area contributed by atoms with Gasteiger partial charge in [0.1, 0.15) is 11.6 Å². The van der Waals surface area contributed by atoms with Crippen molar-refractivity contribution in [3.05, 3.63) is 47.0 Å². The molecule has 0 amide bonds. The molecule has 3 N–H and O–H groups in total. The Kier molecular flexibility index (Phi) is 7.17. The summed E-state index contributed by atoms with van der Waals surface area (Å²) < 4.78 is 5.83. The van der Waals surface area contributed by atoms with E-state index in [2.05, 4.69) is 54.6 Å². The highest BCUT2D eigenvalue weighted by atomic mass is 35.5. The number of nitrogens with zero attached hydrogens (tertiary/aromatic N) is 1. The number of H-pyrrole nitrogens is 1. The lowest BCUT2D eigenvalue weighted by atomic mass is 9.87. The third-order valence-corrected chi connectivity index (χ3v) is 5.16. The highest BCUT2D eigenvalue weighted by molar-refractivity contribution is 6.32. The number of halogens is 1. The predicted molar refractivity (Wildman–Crippen MR) is 122 cm³/mol. The van der Waals surface area contributed by atoms with Gasteiger partial charge in [0.2, 0.25) is 0 Å². The molecule has 3 aromatic rings. The molecule has 0 aliphatic carbocycles. The van der Waals surface area contributed by atoms with Crippen molar-refractivity contribution in [1.29, 1.82) is 0 Å². The Balaban J connectivity index is 1.65. The number of rotatable bonds is 9. The zero-order valence-corrected chi connectivity index (χ0v) is 18.5. The van der Waals surface area contributed by atoms with Crippen LogP contribution in [0.1, 0.15) is 32.8 Å². The lowest BCUT2D eigenvalue weighted by molar-refractivity contribution is 0.308. The fourth-order valence-electron chi connectivity index (χ4n) is 3.10. The summed E-state index contributed by atoms with van der Waals surface area (Å²) >= 11 is 6.45. The van der Waals surface area contributed by atoms with Crippen LogP contribution in [0.3, 0.4) is 0 Å². The Hall–Kier alpha value is -2.08. The van der Waals surface area contributed by atoms with Gasteiger partial charge in [0.05, 0.1) is 22.7 Å². The van der Waals surface area contributed by atoms with E-state index in [1.54, 1.807) is 0 Å². The molecule has 0 radical (unpaired) electrons. The normalized spacial score (nSPS) is 11.9. The average Bonchev–Trinajstić information content (AvgIpc) is 3.11. The van der Waals surface area contributed by atoms with Gasteiger partial charge in [-0.15, -0.1) is 0 Å². The quantitative estimate of drug-likeness (QED) is 0.442. The minimum atomic E-state index is 0.101. The van der Waals surface area contributed by atoms with E-state index in [0.717, 1.165) is 48.5 Å². The van der Waals surface area contributed by atoms with Crippen molar-refractivity contribution in [1.82, 2.24) is 20.6 Å². The van der Waals surface area contributed by atoms with Crippen molar-refractivity contribution in [2.24, 2.45) is 0 Å². The molecule has 0 bridgehead atoms. The van der Waals surface area contributed by atoms with Gasteiger partial charge in [0, 0.05) is 18.7 Å². The van der Waals surface area contributed by atoms with Gasteiger partial charge in [-0.1, -0.05) is 38.4 Å². The van der Waals surface area contributed by atoms with Crippen LogP contribution in [0.4, 0.5) is 0 Å². The predicted octanol–water partition coefficient (Wildman–Crippen LogP) is 4.76. The Bertz CT molecular complexity index is 946. The number of aromatic amines is 1. The Morgan fingerprint density at radius 1 is 1.07 bits per heavy atom. The first-order valence-corrected chi connectivity index (χ1v) is 10.5. The van der Waals surface area contributed by atoms with E-state index in [4.69, 9.17) is 21.3 Å². The van der Waals surface area contributed by atoms with Crippen molar-refractivity contribution in [3.63, 3.8) is 0 Å². The number of nitrogens with one attached hydrogen (secondary N) is 3. The van der Waals surface area contributed by atoms with Gasteiger partial charge in [-0.2, -0.15) is 0 Å². The van der Waals surface area contributed by atoms with Crippen molar-refractivity contribution < 1.29 is 4.74 Å². The standard InChI is InChI=1S/C23H31ClN4O/c1-23(2,3)17-7-8-19-20(15-17)28-22(27-19)16-6-9-21(18(24)14-16)29-13-5-10-26-12-11-25-4/h6-9,14-15,25-26H,5,10-13H2,1-4H3,(H,27,28). The van der Waals surface area contributed by atoms with Crippen molar-refractivity contribution in [3.8, 4) is 17.1 Å². The molecule has 0 atom stereocenters. The minimum Gasteiger partial charge on any atom is -0.492 e. The average molecular weight is 415 g/mol. The van der Waals surface area contributed by atoms with Gasteiger partial charge in [0.15, 0.2) is 0 Å². The third-order valence-electron chi connectivity index (χ3n) is 4.86. The van der Waals surface area contributed by atoms with Gasteiger partial charge < -0.3 is 20.4 Å². The Morgan fingerprint density at radius 2 is 1.90 bits per heavy atom. The maximum absolute atomic E-state index is 6.45. The van der Waals surface area contributed by atoms with Gasteiger partial charge in [-0.3, -0.25) is 0 Å². The largest absolute Gasteiger partial charge is 0.492 e. The lowest BCUT2D eigenvalue weighted by Gasteiger charge is -2.18. The molecule has 0 aliphatic rings. The Labute approximate surface area is 178 Å². The smallest absolute Gasteiger partial charge is 0.138 e. The van der Waals surface area contributed by atoms with Crippen LogP contribution in [-0.4, -0.2) is 43.3 Å². The number of benzene rings is 2. The molecular weight excluding hydrogens is 384 g/mol. The van der Waals surface area contributed by atoms with Crippen molar-refractivity contribution >= 4 is 22.6 Å². The summed E-state index contributed by atoms with van der Waals surface area (Å²) in [6, 6.07) is 12.2. The van der Waals surface area contributed by atoms with Crippen LogP contribution in [0.25, 0.3) is 22.4 Å². The van der Waals surface area contributed by atoms with Gasteiger partial charge in [-0.05, 0) is 61.3 Å². The second-order valence-electron chi connectivity index (χ2n) is 8.27. The number of fused-ring (bicyclic) bond motifs is 1. The number of hydrogen-bond donors (Lipinski definition) is 3. The highest BCUT2D eigenvalue weighted by Crippen LogP contribution is 2.31. The summed E-state index contributed by atoms with van der Waals surface area (Å²) in [5.41, 5.74) is 4.32. The molecule has 1 heterocycles. The number of likely N-dealkylation sites (N-methyl/N-ethyl adjacent to an activating group) is 1. The molecule has 1 aromatic heterocycles. The minimum absolute atomic E-state index is 0.101. The first kappa shape index (κ1) is 21.6. The summed E-state index contributed by atoms with van der Waals surface area (Å²) in [6.45, 7) is 10.1. The van der Waals surface area contributed by atoms with Crippen LogP contribution < -0.4 is 15.4 Å². The maximum Gasteiger partial charge on any atom is 0.138 e. The second kappa shape index (κ2) is 9.61. The van der Waals surface area contributed by atoms with E-state index in [-0.39, 0.29) is 5.41 Å². The van der Waals surface area contributed by atoms with Gasteiger partial charge in [0.25, 0.3) is 0 Å². The summed E-state index contributed by atoms with van der Waals surface area (Å²) in [4.78, 5) is 8.14. The molecule has 29 heavy (non-hydrogen) atoms. The van der Waals surface area contributed by atoms with E-state index in [1.807, 2.05) is 25.2 Å². The zero-order valence-electron chi connectivity index (χ0n) is 17.7. The summed E-state index contributed by atoms with van der Waals surface area (Å²) in [5, 5.41) is 7.06. The molecule has 156 valence electrons. The molecule has 0 fully saturated rings. The number of ether oxygens (including phenoxy) is 1. The summed E-state index contributed by atoms with van der Waals surface area (Å²) in [5.74, 6) is 1.52. The Morgan fingerprint density at radius 3 is 2.62 bits per heavy atom. The van der Waals surface area contributed by atoms with E-state index >= 15 is 0 Å². The first-order chi connectivity index (χ1) is 13.9.